The van der Waals surface area contributed by atoms with Crippen LogP contribution in [0.25, 0.3) is 0 Å². The molecule has 1 rings (SSSR count). The van der Waals surface area contributed by atoms with Crippen molar-refractivity contribution in [1.29, 1.82) is 0 Å². The van der Waals surface area contributed by atoms with Gasteiger partial charge in [0.2, 0.25) is 0 Å². The summed E-state index contributed by atoms with van der Waals surface area (Å²) in [7, 11) is 0. The third kappa shape index (κ3) is 3.34. The molecule has 0 fully saturated rings. The number of imidazole rings is 1. The van der Waals surface area contributed by atoms with E-state index in [1.807, 2.05) is 6.20 Å². The molecule has 0 bridgehead atoms. The predicted octanol–water partition coefficient (Wildman–Crippen LogP) is 2.64. The summed E-state index contributed by atoms with van der Waals surface area (Å²) >= 11 is 0. The zero-order valence-corrected chi connectivity index (χ0v) is 11.0. The van der Waals surface area contributed by atoms with Crippen molar-refractivity contribution in [2.75, 3.05) is 13.1 Å². The molecule has 1 aromatic rings. The Hall–Kier alpha value is -0.830. The SMILES string of the molecule is CCCNCC(C)C(C)c1nccn1CC. The molecule has 0 radical (unpaired) electrons. The maximum Gasteiger partial charge on any atom is 0.111 e. The second-order valence-corrected chi connectivity index (χ2v) is 4.54. The van der Waals surface area contributed by atoms with Gasteiger partial charge in [-0.1, -0.05) is 20.8 Å². The molecule has 0 spiro atoms. The first-order valence-corrected chi connectivity index (χ1v) is 6.42. The summed E-state index contributed by atoms with van der Waals surface area (Å²) in [6.07, 6.45) is 5.17. The maximum absolute atomic E-state index is 4.47. The van der Waals surface area contributed by atoms with Gasteiger partial charge in [0.05, 0.1) is 0 Å². The Morgan fingerprint density at radius 2 is 2.12 bits per heavy atom. The zero-order chi connectivity index (χ0) is 12.0. The first kappa shape index (κ1) is 13.2. The molecule has 1 aromatic heterocycles. The average Bonchev–Trinajstić information content (AvgIpc) is 2.76. The number of aromatic nitrogens is 2. The maximum atomic E-state index is 4.47. The monoisotopic (exact) mass is 223 g/mol. The summed E-state index contributed by atoms with van der Waals surface area (Å²) in [6.45, 7) is 12.1. The van der Waals surface area contributed by atoms with E-state index in [4.69, 9.17) is 0 Å². The molecular formula is C13H25N3. The van der Waals surface area contributed by atoms with Crippen molar-refractivity contribution in [1.82, 2.24) is 14.9 Å². The van der Waals surface area contributed by atoms with Gasteiger partial charge in [0.15, 0.2) is 0 Å². The highest BCUT2D eigenvalue weighted by molar-refractivity contribution is 5.00. The van der Waals surface area contributed by atoms with E-state index < -0.39 is 0 Å². The number of nitrogens with one attached hydrogen (secondary N) is 1. The van der Waals surface area contributed by atoms with E-state index >= 15 is 0 Å². The van der Waals surface area contributed by atoms with Crippen molar-refractivity contribution in [3.05, 3.63) is 18.2 Å². The highest BCUT2D eigenvalue weighted by Gasteiger charge is 2.17. The summed E-state index contributed by atoms with van der Waals surface area (Å²) in [5.41, 5.74) is 0. The van der Waals surface area contributed by atoms with E-state index in [9.17, 15) is 0 Å². The Labute approximate surface area is 99.3 Å². The summed E-state index contributed by atoms with van der Waals surface area (Å²) in [5, 5.41) is 3.48. The van der Waals surface area contributed by atoms with Crippen molar-refractivity contribution in [2.45, 2.75) is 46.6 Å². The molecule has 0 saturated heterocycles. The van der Waals surface area contributed by atoms with Gasteiger partial charge in [-0.15, -0.1) is 0 Å². The van der Waals surface area contributed by atoms with Crippen molar-refractivity contribution >= 4 is 0 Å². The first-order chi connectivity index (χ1) is 7.70. The third-order valence-electron chi connectivity index (χ3n) is 3.24. The van der Waals surface area contributed by atoms with Crippen LogP contribution in [0.5, 0.6) is 0 Å². The van der Waals surface area contributed by atoms with Crippen LogP contribution in [0, 0.1) is 5.92 Å². The zero-order valence-electron chi connectivity index (χ0n) is 11.0. The van der Waals surface area contributed by atoms with Crippen LogP contribution in [-0.2, 0) is 6.54 Å². The molecule has 0 aliphatic heterocycles. The summed E-state index contributed by atoms with van der Waals surface area (Å²) in [5.74, 6) is 2.35. The molecule has 2 unspecified atom stereocenters. The lowest BCUT2D eigenvalue weighted by Gasteiger charge is -2.20. The summed E-state index contributed by atoms with van der Waals surface area (Å²) < 4.78 is 2.24. The van der Waals surface area contributed by atoms with Gasteiger partial charge in [-0.25, -0.2) is 4.98 Å². The largest absolute Gasteiger partial charge is 0.335 e. The summed E-state index contributed by atoms with van der Waals surface area (Å²) in [6, 6.07) is 0. The van der Waals surface area contributed by atoms with Gasteiger partial charge in [0.1, 0.15) is 5.82 Å². The predicted molar refractivity (Wildman–Crippen MR) is 68.6 cm³/mol. The molecule has 0 amide bonds. The van der Waals surface area contributed by atoms with Gasteiger partial charge >= 0.3 is 0 Å². The standard InChI is InChI=1S/C13H25N3/c1-5-7-14-10-11(3)12(4)13-15-8-9-16(13)6-2/h8-9,11-12,14H,5-7,10H2,1-4H3. The van der Waals surface area contributed by atoms with Crippen LogP contribution in [0.4, 0.5) is 0 Å². The minimum atomic E-state index is 0.513. The van der Waals surface area contributed by atoms with Crippen LogP contribution in [0.1, 0.15) is 45.9 Å². The van der Waals surface area contributed by atoms with Crippen molar-refractivity contribution in [3.63, 3.8) is 0 Å². The Balaban J connectivity index is 2.52. The molecule has 92 valence electrons. The lowest BCUT2D eigenvalue weighted by Crippen LogP contribution is -2.26. The Kier molecular flexibility index (Phi) is 5.53. The third-order valence-corrected chi connectivity index (χ3v) is 3.24. The van der Waals surface area contributed by atoms with Crippen molar-refractivity contribution in [3.8, 4) is 0 Å². The fourth-order valence-corrected chi connectivity index (χ4v) is 1.93. The Morgan fingerprint density at radius 1 is 1.38 bits per heavy atom. The highest BCUT2D eigenvalue weighted by Crippen LogP contribution is 2.22. The molecule has 0 aliphatic rings. The van der Waals surface area contributed by atoms with Crippen molar-refractivity contribution in [2.24, 2.45) is 5.92 Å². The highest BCUT2D eigenvalue weighted by atomic mass is 15.1. The molecule has 0 saturated carbocycles. The lowest BCUT2D eigenvalue weighted by atomic mass is 9.95. The molecule has 1 heterocycles. The molecule has 3 heteroatoms. The molecule has 16 heavy (non-hydrogen) atoms. The smallest absolute Gasteiger partial charge is 0.111 e. The van der Waals surface area contributed by atoms with Gasteiger partial charge in [-0.2, -0.15) is 0 Å². The van der Waals surface area contributed by atoms with E-state index in [-0.39, 0.29) is 0 Å². The molecular weight excluding hydrogens is 198 g/mol. The first-order valence-electron chi connectivity index (χ1n) is 6.42. The molecule has 1 N–H and O–H groups in total. The van der Waals surface area contributed by atoms with Gasteiger partial charge in [0, 0.05) is 24.9 Å². The van der Waals surface area contributed by atoms with Gasteiger partial charge in [0.25, 0.3) is 0 Å². The van der Waals surface area contributed by atoms with Crippen LogP contribution >= 0.6 is 0 Å². The minimum Gasteiger partial charge on any atom is -0.335 e. The van der Waals surface area contributed by atoms with Gasteiger partial charge in [-0.3, -0.25) is 0 Å². The number of aryl methyl sites for hydroxylation is 1. The van der Waals surface area contributed by atoms with E-state index in [0.29, 0.717) is 11.8 Å². The van der Waals surface area contributed by atoms with E-state index in [0.717, 1.165) is 19.6 Å². The molecule has 0 aromatic carbocycles. The fraction of sp³-hybridized carbons (Fsp3) is 0.769. The van der Waals surface area contributed by atoms with Crippen LogP contribution in [0.15, 0.2) is 12.4 Å². The normalized spacial score (nSPS) is 15.0. The van der Waals surface area contributed by atoms with Crippen LogP contribution in [0.3, 0.4) is 0 Å². The number of hydrogen-bond acceptors (Lipinski definition) is 2. The number of rotatable bonds is 7. The molecule has 2 atom stereocenters. The molecule has 3 nitrogen and oxygen atoms in total. The second kappa shape index (κ2) is 6.69. The summed E-state index contributed by atoms with van der Waals surface area (Å²) in [4.78, 5) is 4.47. The fourth-order valence-electron chi connectivity index (χ4n) is 1.93. The van der Waals surface area contributed by atoms with Gasteiger partial charge < -0.3 is 9.88 Å². The lowest BCUT2D eigenvalue weighted by molar-refractivity contribution is 0.423. The van der Waals surface area contributed by atoms with E-state index in [1.54, 1.807) is 0 Å². The molecule has 0 aliphatic carbocycles. The Morgan fingerprint density at radius 3 is 2.75 bits per heavy atom. The quantitative estimate of drug-likeness (QED) is 0.720. The topological polar surface area (TPSA) is 29.9 Å². The van der Waals surface area contributed by atoms with E-state index in [2.05, 4.69) is 48.8 Å². The number of nitrogens with zero attached hydrogens (tertiary/aromatic N) is 2. The van der Waals surface area contributed by atoms with Crippen LogP contribution < -0.4 is 5.32 Å². The van der Waals surface area contributed by atoms with Crippen molar-refractivity contribution < 1.29 is 0 Å². The van der Waals surface area contributed by atoms with E-state index in [1.165, 1.54) is 12.2 Å². The van der Waals surface area contributed by atoms with Gasteiger partial charge in [-0.05, 0) is 32.4 Å². The minimum absolute atomic E-state index is 0.513. The average molecular weight is 223 g/mol. The van der Waals surface area contributed by atoms with Crippen LogP contribution in [-0.4, -0.2) is 22.6 Å². The number of hydrogen-bond donors (Lipinski definition) is 1. The Bertz CT molecular complexity index is 293. The van der Waals surface area contributed by atoms with Crippen LogP contribution in [0.2, 0.25) is 0 Å². The second-order valence-electron chi connectivity index (χ2n) is 4.54.